The fraction of sp³-hybridized carbons (Fsp3) is 0.625. The summed E-state index contributed by atoms with van der Waals surface area (Å²) in [5, 5.41) is 8.88. The normalized spacial score (nSPS) is 28.9. The van der Waals surface area contributed by atoms with Crippen LogP contribution in [0.15, 0.2) is 30.4 Å². The molecule has 0 spiro atoms. The Morgan fingerprint density at radius 3 is 2.26 bits per heavy atom. The molecule has 0 heterocycles. The number of allylic oxidation sites excluding steroid dienone is 2. The van der Waals surface area contributed by atoms with Gasteiger partial charge in [-0.2, -0.15) is 5.26 Å². The van der Waals surface area contributed by atoms with Crippen LogP contribution in [0.2, 0.25) is 0 Å². The molecule has 2 aliphatic rings. The van der Waals surface area contributed by atoms with Crippen molar-refractivity contribution < 1.29 is 8.78 Å². The van der Waals surface area contributed by atoms with Crippen molar-refractivity contribution in [2.75, 3.05) is 6.67 Å². The zero-order chi connectivity index (χ0) is 19.1. The van der Waals surface area contributed by atoms with Crippen molar-refractivity contribution >= 4 is 0 Å². The second-order valence-electron chi connectivity index (χ2n) is 8.40. The van der Waals surface area contributed by atoms with E-state index in [-0.39, 0.29) is 18.1 Å². The van der Waals surface area contributed by atoms with Gasteiger partial charge >= 0.3 is 0 Å². The fourth-order valence-corrected chi connectivity index (χ4v) is 5.09. The SMILES string of the molecule is N#Cc1ccc([C@H]2CC[C@H]([C@H]3CC[C@H](C=CCCCF)CC3)CC2)cc1F. The molecule has 0 bridgehead atoms. The molecule has 1 aromatic carbocycles. The van der Waals surface area contributed by atoms with Crippen LogP contribution in [0, 0.1) is 34.9 Å². The van der Waals surface area contributed by atoms with E-state index in [0.29, 0.717) is 18.3 Å². The van der Waals surface area contributed by atoms with E-state index in [1.165, 1.54) is 38.5 Å². The van der Waals surface area contributed by atoms with Crippen molar-refractivity contribution in [2.24, 2.45) is 17.8 Å². The minimum Gasteiger partial charge on any atom is -0.251 e. The van der Waals surface area contributed by atoms with Gasteiger partial charge in [-0.05, 0) is 106 Å². The van der Waals surface area contributed by atoms with E-state index in [1.807, 2.05) is 12.1 Å². The Hall–Kier alpha value is -1.69. The lowest BCUT2D eigenvalue weighted by atomic mass is 9.68. The maximum absolute atomic E-state index is 13.9. The number of alkyl halides is 1. The van der Waals surface area contributed by atoms with Gasteiger partial charge in [0.25, 0.3) is 0 Å². The van der Waals surface area contributed by atoms with Crippen LogP contribution in [-0.2, 0) is 0 Å². The number of nitriles is 1. The lowest BCUT2D eigenvalue weighted by molar-refractivity contribution is 0.171. The summed E-state index contributed by atoms with van der Waals surface area (Å²) in [6.45, 7) is -0.213. The van der Waals surface area contributed by atoms with Gasteiger partial charge in [-0.25, -0.2) is 4.39 Å². The second kappa shape index (κ2) is 10.0. The number of nitrogens with zero attached hydrogens (tertiary/aromatic N) is 1. The molecule has 1 aromatic rings. The number of benzene rings is 1. The van der Waals surface area contributed by atoms with Crippen LogP contribution < -0.4 is 0 Å². The molecule has 1 nitrogen and oxygen atoms in total. The van der Waals surface area contributed by atoms with Gasteiger partial charge in [-0.1, -0.05) is 18.2 Å². The summed E-state index contributed by atoms with van der Waals surface area (Å²) in [5.41, 5.74) is 1.20. The van der Waals surface area contributed by atoms with Crippen LogP contribution in [0.25, 0.3) is 0 Å². The molecule has 0 N–H and O–H groups in total. The third-order valence-electron chi connectivity index (χ3n) is 6.75. The summed E-state index contributed by atoms with van der Waals surface area (Å²) in [6.07, 6.45) is 16.0. The first-order valence-electron chi connectivity index (χ1n) is 10.6. The Kier molecular flexibility index (Phi) is 7.44. The largest absolute Gasteiger partial charge is 0.251 e. The highest BCUT2D eigenvalue weighted by molar-refractivity contribution is 5.34. The van der Waals surface area contributed by atoms with Gasteiger partial charge in [0.1, 0.15) is 11.9 Å². The molecule has 0 radical (unpaired) electrons. The molecule has 2 saturated carbocycles. The Morgan fingerprint density at radius 1 is 1.00 bits per heavy atom. The van der Waals surface area contributed by atoms with Gasteiger partial charge < -0.3 is 0 Å². The summed E-state index contributed by atoms with van der Waals surface area (Å²) < 4.78 is 26.0. The van der Waals surface area contributed by atoms with Crippen LogP contribution in [-0.4, -0.2) is 6.67 Å². The Bertz CT molecular complexity index is 659. The zero-order valence-corrected chi connectivity index (χ0v) is 16.2. The highest BCUT2D eigenvalue weighted by Gasteiger charge is 2.30. The molecule has 0 saturated heterocycles. The molecule has 0 amide bonds. The number of rotatable bonds is 6. The summed E-state index contributed by atoms with van der Waals surface area (Å²) in [5.74, 6) is 2.42. The van der Waals surface area contributed by atoms with Crippen molar-refractivity contribution in [3.63, 3.8) is 0 Å². The lowest BCUT2D eigenvalue weighted by Gasteiger charge is -2.37. The van der Waals surface area contributed by atoms with Crippen molar-refractivity contribution in [1.29, 1.82) is 5.26 Å². The van der Waals surface area contributed by atoms with E-state index in [9.17, 15) is 8.78 Å². The minimum absolute atomic E-state index is 0.142. The minimum atomic E-state index is -0.380. The second-order valence-corrected chi connectivity index (χ2v) is 8.40. The van der Waals surface area contributed by atoms with E-state index < -0.39 is 0 Å². The maximum atomic E-state index is 13.9. The fourth-order valence-electron chi connectivity index (χ4n) is 5.09. The number of halogens is 2. The van der Waals surface area contributed by atoms with E-state index in [4.69, 9.17) is 5.26 Å². The van der Waals surface area contributed by atoms with Gasteiger partial charge in [0.15, 0.2) is 0 Å². The Balaban J connectivity index is 1.44. The quantitative estimate of drug-likeness (QED) is 0.387. The number of unbranched alkanes of at least 4 members (excludes halogenated alkanes) is 1. The van der Waals surface area contributed by atoms with Gasteiger partial charge in [0, 0.05) is 0 Å². The third-order valence-corrected chi connectivity index (χ3v) is 6.75. The standard InChI is InChI=1S/C24H31F2N/c25-15-3-1-2-4-18-5-7-19(8-6-18)20-9-11-21(12-10-20)22-13-14-23(17-27)24(26)16-22/h2,4,13-14,16,18-21H,1,3,5-12,15H2/t18-,19-,20-,21-. The van der Waals surface area contributed by atoms with Gasteiger partial charge in [0.05, 0.1) is 12.2 Å². The monoisotopic (exact) mass is 371 g/mol. The van der Waals surface area contributed by atoms with E-state index in [1.54, 1.807) is 12.1 Å². The first-order chi connectivity index (χ1) is 13.2. The van der Waals surface area contributed by atoms with E-state index in [0.717, 1.165) is 36.7 Å². The molecular formula is C24H31F2N. The van der Waals surface area contributed by atoms with Crippen LogP contribution in [0.1, 0.15) is 81.3 Å². The Labute approximate surface area is 162 Å². The molecule has 3 heteroatoms. The summed E-state index contributed by atoms with van der Waals surface area (Å²) in [4.78, 5) is 0. The topological polar surface area (TPSA) is 23.8 Å². The van der Waals surface area contributed by atoms with Gasteiger partial charge in [0.2, 0.25) is 0 Å². The van der Waals surface area contributed by atoms with Crippen molar-refractivity contribution in [1.82, 2.24) is 0 Å². The summed E-state index contributed by atoms with van der Waals surface area (Å²) >= 11 is 0. The summed E-state index contributed by atoms with van der Waals surface area (Å²) in [6, 6.07) is 7.04. The predicted octanol–water partition coefficient (Wildman–Crippen LogP) is 7.08. The molecular weight excluding hydrogens is 340 g/mol. The molecule has 0 aliphatic heterocycles. The van der Waals surface area contributed by atoms with Crippen LogP contribution in [0.5, 0.6) is 0 Å². The van der Waals surface area contributed by atoms with E-state index >= 15 is 0 Å². The molecule has 2 aliphatic carbocycles. The highest BCUT2D eigenvalue weighted by Crippen LogP contribution is 2.44. The molecule has 3 rings (SSSR count). The molecule has 2 fully saturated rings. The number of hydrogen-bond donors (Lipinski definition) is 0. The Morgan fingerprint density at radius 2 is 1.67 bits per heavy atom. The predicted molar refractivity (Wildman–Crippen MR) is 106 cm³/mol. The van der Waals surface area contributed by atoms with Gasteiger partial charge in [-0.15, -0.1) is 0 Å². The highest BCUT2D eigenvalue weighted by atomic mass is 19.1. The van der Waals surface area contributed by atoms with Crippen molar-refractivity contribution in [3.05, 3.63) is 47.3 Å². The molecule has 0 unspecified atom stereocenters. The smallest absolute Gasteiger partial charge is 0.141 e. The molecule has 0 aromatic heterocycles. The molecule has 146 valence electrons. The van der Waals surface area contributed by atoms with Crippen molar-refractivity contribution in [3.8, 4) is 6.07 Å². The third kappa shape index (κ3) is 5.41. The lowest BCUT2D eigenvalue weighted by Crippen LogP contribution is -2.25. The van der Waals surface area contributed by atoms with Crippen LogP contribution in [0.3, 0.4) is 0 Å². The molecule has 27 heavy (non-hydrogen) atoms. The zero-order valence-electron chi connectivity index (χ0n) is 16.2. The average Bonchev–Trinajstić information content (AvgIpc) is 2.72. The maximum Gasteiger partial charge on any atom is 0.141 e. The molecule has 0 atom stereocenters. The first kappa shape index (κ1) is 20.1. The average molecular weight is 372 g/mol. The van der Waals surface area contributed by atoms with Crippen molar-refractivity contribution in [2.45, 2.75) is 70.1 Å². The van der Waals surface area contributed by atoms with Gasteiger partial charge in [-0.3, -0.25) is 4.39 Å². The van der Waals surface area contributed by atoms with Crippen LogP contribution in [0.4, 0.5) is 8.78 Å². The first-order valence-corrected chi connectivity index (χ1v) is 10.6. The summed E-state index contributed by atoms with van der Waals surface area (Å²) in [7, 11) is 0. The van der Waals surface area contributed by atoms with E-state index in [2.05, 4.69) is 12.2 Å². The number of hydrogen-bond acceptors (Lipinski definition) is 1. The van der Waals surface area contributed by atoms with Crippen LogP contribution >= 0.6 is 0 Å².